The van der Waals surface area contributed by atoms with Crippen molar-refractivity contribution < 1.29 is 4.79 Å². The number of pyridine rings is 1. The summed E-state index contributed by atoms with van der Waals surface area (Å²) in [5, 5.41) is 8.81. The van der Waals surface area contributed by atoms with E-state index in [4.69, 9.17) is 0 Å². The number of carbonyl (C=O) groups is 1. The lowest BCUT2D eigenvalue weighted by molar-refractivity contribution is 0.251. The Morgan fingerprint density at radius 2 is 1.81 bits per heavy atom. The van der Waals surface area contributed by atoms with Crippen LogP contribution in [0.15, 0.2) is 47.1 Å². The minimum Gasteiger partial charge on any atom is -0.354 e. The van der Waals surface area contributed by atoms with Gasteiger partial charge in [-0.2, -0.15) is 0 Å². The van der Waals surface area contributed by atoms with Crippen LogP contribution in [0, 0.1) is 0 Å². The van der Waals surface area contributed by atoms with Gasteiger partial charge in [0.2, 0.25) is 0 Å². The van der Waals surface area contributed by atoms with E-state index in [-0.39, 0.29) is 6.03 Å². The zero-order valence-corrected chi connectivity index (χ0v) is 12.9. The van der Waals surface area contributed by atoms with Gasteiger partial charge >= 0.3 is 6.03 Å². The molecule has 0 spiro atoms. The largest absolute Gasteiger partial charge is 0.354 e. The summed E-state index contributed by atoms with van der Waals surface area (Å²) in [6.45, 7) is 0. The second-order valence-electron chi connectivity index (χ2n) is 4.94. The molecule has 0 saturated heterocycles. The third-order valence-corrected chi connectivity index (χ3v) is 3.58. The summed E-state index contributed by atoms with van der Waals surface area (Å²) in [5.41, 5.74) is 1.85. The van der Waals surface area contributed by atoms with Crippen molar-refractivity contribution in [3.63, 3.8) is 0 Å². The molecular formula is C15H15BrN4O. The maximum absolute atomic E-state index is 11.6. The number of rotatable bonds is 4. The summed E-state index contributed by atoms with van der Waals surface area (Å²) in [7, 11) is 0. The van der Waals surface area contributed by atoms with Crippen molar-refractivity contribution in [3.8, 4) is 0 Å². The summed E-state index contributed by atoms with van der Waals surface area (Å²) in [6.07, 6.45) is 3.82. The second-order valence-corrected chi connectivity index (χ2v) is 5.85. The van der Waals surface area contributed by atoms with Gasteiger partial charge in [0.05, 0.1) is 11.9 Å². The van der Waals surface area contributed by atoms with Crippen LogP contribution in [0.2, 0.25) is 0 Å². The summed E-state index contributed by atoms with van der Waals surface area (Å²) >= 11 is 3.40. The number of hydrogen-bond acceptors (Lipinski definition) is 3. The lowest BCUT2D eigenvalue weighted by Crippen LogP contribution is -2.30. The summed E-state index contributed by atoms with van der Waals surface area (Å²) in [5.74, 6) is 0.537. The molecule has 3 rings (SSSR count). The third kappa shape index (κ3) is 4.19. The Balaban J connectivity index is 1.58. The molecule has 0 atom stereocenters. The Morgan fingerprint density at radius 1 is 1.10 bits per heavy atom. The smallest absolute Gasteiger partial charge is 0.320 e. The predicted molar refractivity (Wildman–Crippen MR) is 86.8 cm³/mol. The van der Waals surface area contributed by atoms with Crippen LogP contribution in [0.5, 0.6) is 0 Å². The monoisotopic (exact) mass is 346 g/mol. The Bertz CT molecular complexity index is 623. The van der Waals surface area contributed by atoms with Crippen molar-refractivity contribution in [1.82, 2.24) is 10.3 Å². The van der Waals surface area contributed by atoms with Gasteiger partial charge in [-0.1, -0.05) is 15.9 Å². The van der Waals surface area contributed by atoms with E-state index in [1.54, 1.807) is 12.3 Å². The number of nitrogens with zero attached hydrogens (tertiary/aromatic N) is 1. The Hall–Kier alpha value is -2.08. The van der Waals surface area contributed by atoms with E-state index in [1.807, 2.05) is 30.3 Å². The van der Waals surface area contributed by atoms with Gasteiger partial charge in [0.15, 0.2) is 0 Å². The van der Waals surface area contributed by atoms with E-state index in [0.29, 0.717) is 11.9 Å². The normalized spacial score (nSPS) is 13.6. The highest BCUT2D eigenvalue weighted by Crippen LogP contribution is 2.20. The molecule has 108 valence electrons. The summed E-state index contributed by atoms with van der Waals surface area (Å²) < 4.78 is 1.03. The van der Waals surface area contributed by atoms with E-state index in [9.17, 15) is 4.79 Å². The van der Waals surface area contributed by atoms with Gasteiger partial charge < -0.3 is 10.6 Å². The molecule has 2 aromatic rings. The van der Waals surface area contributed by atoms with Crippen molar-refractivity contribution in [3.05, 3.63) is 47.1 Å². The first kappa shape index (κ1) is 13.9. The van der Waals surface area contributed by atoms with Gasteiger partial charge in [-0.3, -0.25) is 5.32 Å². The van der Waals surface area contributed by atoms with Crippen LogP contribution in [0.1, 0.15) is 12.8 Å². The molecule has 1 aromatic heterocycles. The van der Waals surface area contributed by atoms with Crippen molar-refractivity contribution >= 4 is 39.2 Å². The number of aromatic nitrogens is 1. The van der Waals surface area contributed by atoms with E-state index >= 15 is 0 Å². The average Bonchev–Trinajstić information content (AvgIpc) is 3.27. The molecule has 1 heterocycles. The molecule has 1 aliphatic carbocycles. The Labute approximate surface area is 131 Å². The molecule has 1 saturated carbocycles. The molecule has 6 heteroatoms. The first-order valence-corrected chi connectivity index (χ1v) is 7.54. The fraction of sp³-hybridized carbons (Fsp3) is 0.200. The van der Waals surface area contributed by atoms with E-state index in [1.165, 1.54) is 0 Å². The fourth-order valence-corrected chi connectivity index (χ4v) is 2.07. The number of amides is 2. The fourth-order valence-electron chi connectivity index (χ4n) is 1.81. The van der Waals surface area contributed by atoms with Gasteiger partial charge in [-0.15, -0.1) is 0 Å². The Kier molecular flexibility index (Phi) is 4.06. The molecule has 2 amide bonds. The van der Waals surface area contributed by atoms with E-state index in [0.717, 1.165) is 28.7 Å². The maximum atomic E-state index is 11.6. The minimum absolute atomic E-state index is 0.196. The van der Waals surface area contributed by atoms with Crippen molar-refractivity contribution in [2.75, 3.05) is 10.6 Å². The maximum Gasteiger partial charge on any atom is 0.320 e. The number of halogens is 1. The van der Waals surface area contributed by atoms with Crippen LogP contribution in [-0.2, 0) is 0 Å². The van der Waals surface area contributed by atoms with Crippen LogP contribution in [-0.4, -0.2) is 17.1 Å². The number of anilines is 3. The SMILES string of the molecule is O=C(Nc1ccc(Nc2ccc(Br)cc2)cn1)NC1CC1. The van der Waals surface area contributed by atoms with Crippen LogP contribution in [0.4, 0.5) is 22.0 Å². The van der Waals surface area contributed by atoms with E-state index in [2.05, 4.69) is 36.9 Å². The molecule has 0 aliphatic heterocycles. The van der Waals surface area contributed by atoms with Crippen molar-refractivity contribution in [2.24, 2.45) is 0 Å². The van der Waals surface area contributed by atoms with Crippen LogP contribution >= 0.6 is 15.9 Å². The summed E-state index contributed by atoms with van der Waals surface area (Å²) in [4.78, 5) is 15.8. The van der Waals surface area contributed by atoms with Gasteiger partial charge in [0, 0.05) is 16.2 Å². The molecule has 1 aromatic carbocycles. The first-order valence-electron chi connectivity index (χ1n) is 6.75. The van der Waals surface area contributed by atoms with Crippen LogP contribution in [0.3, 0.4) is 0 Å². The predicted octanol–water partition coefficient (Wildman–Crippen LogP) is 3.87. The zero-order chi connectivity index (χ0) is 14.7. The lowest BCUT2D eigenvalue weighted by Gasteiger charge is -2.08. The number of urea groups is 1. The number of carbonyl (C=O) groups excluding carboxylic acids is 1. The lowest BCUT2D eigenvalue weighted by atomic mass is 10.3. The first-order chi connectivity index (χ1) is 10.2. The standard InChI is InChI=1S/C15H15BrN4O/c16-10-1-3-11(4-2-10)18-13-7-8-14(17-9-13)20-15(21)19-12-5-6-12/h1-4,7-9,12,18H,5-6H2,(H2,17,19,20,21). The highest BCUT2D eigenvalue weighted by Gasteiger charge is 2.23. The van der Waals surface area contributed by atoms with E-state index < -0.39 is 0 Å². The highest BCUT2D eigenvalue weighted by molar-refractivity contribution is 9.10. The second kappa shape index (κ2) is 6.13. The molecule has 3 N–H and O–H groups in total. The molecule has 21 heavy (non-hydrogen) atoms. The van der Waals surface area contributed by atoms with Crippen molar-refractivity contribution in [1.29, 1.82) is 0 Å². The van der Waals surface area contributed by atoms with Gasteiger partial charge in [-0.25, -0.2) is 9.78 Å². The molecule has 1 aliphatic rings. The van der Waals surface area contributed by atoms with Crippen LogP contribution in [0.25, 0.3) is 0 Å². The topological polar surface area (TPSA) is 66.0 Å². The minimum atomic E-state index is -0.196. The molecule has 5 nitrogen and oxygen atoms in total. The summed E-state index contributed by atoms with van der Waals surface area (Å²) in [6, 6.07) is 11.7. The molecule has 0 unspecified atom stereocenters. The number of hydrogen-bond donors (Lipinski definition) is 3. The molecule has 1 fully saturated rings. The molecule has 0 bridgehead atoms. The van der Waals surface area contributed by atoms with Gasteiger partial charge in [-0.05, 0) is 49.2 Å². The van der Waals surface area contributed by atoms with Gasteiger partial charge in [0.1, 0.15) is 5.82 Å². The van der Waals surface area contributed by atoms with Gasteiger partial charge in [0.25, 0.3) is 0 Å². The number of nitrogens with one attached hydrogen (secondary N) is 3. The molecular weight excluding hydrogens is 332 g/mol. The van der Waals surface area contributed by atoms with Crippen molar-refractivity contribution in [2.45, 2.75) is 18.9 Å². The quantitative estimate of drug-likeness (QED) is 0.787. The highest BCUT2D eigenvalue weighted by atomic mass is 79.9. The third-order valence-electron chi connectivity index (χ3n) is 3.05. The Morgan fingerprint density at radius 3 is 2.43 bits per heavy atom. The average molecular weight is 347 g/mol. The van der Waals surface area contributed by atoms with Crippen LogP contribution < -0.4 is 16.0 Å². The number of benzene rings is 1. The molecule has 0 radical (unpaired) electrons. The zero-order valence-electron chi connectivity index (χ0n) is 11.3.